The molecule has 2 amide bonds. The number of carbonyl (C=O) groups excluding carboxylic acids is 2. The van der Waals surface area contributed by atoms with E-state index in [0.29, 0.717) is 5.75 Å². The number of hydrogen-bond donors (Lipinski definition) is 1. The molecule has 25 heavy (non-hydrogen) atoms. The van der Waals surface area contributed by atoms with Crippen molar-refractivity contribution in [1.82, 2.24) is 0 Å². The summed E-state index contributed by atoms with van der Waals surface area (Å²) in [5, 5.41) is 0. The molecule has 5 heteroatoms. The Morgan fingerprint density at radius 3 is 2.68 bits per heavy atom. The zero-order valence-electron chi connectivity index (χ0n) is 14.7. The van der Waals surface area contributed by atoms with Gasteiger partial charge in [0, 0.05) is 11.7 Å². The van der Waals surface area contributed by atoms with Gasteiger partial charge in [-0.25, -0.2) is 0 Å². The van der Waals surface area contributed by atoms with E-state index >= 15 is 0 Å². The number of primary amides is 1. The lowest BCUT2D eigenvalue weighted by atomic mass is 10.1. The molecule has 3 rings (SSSR count). The fraction of sp³-hybridized carbons (Fsp3) is 0.300. The van der Waals surface area contributed by atoms with E-state index in [1.54, 1.807) is 30.0 Å². The van der Waals surface area contributed by atoms with Crippen LogP contribution in [0.4, 0.5) is 5.69 Å². The molecule has 0 bridgehead atoms. The molecule has 0 saturated carbocycles. The van der Waals surface area contributed by atoms with Crippen LogP contribution in [-0.2, 0) is 11.2 Å². The van der Waals surface area contributed by atoms with E-state index < -0.39 is 12.0 Å². The Hall–Kier alpha value is -2.82. The lowest BCUT2D eigenvalue weighted by Crippen LogP contribution is -2.43. The maximum atomic E-state index is 13.0. The molecule has 2 aromatic carbocycles. The molecule has 1 heterocycles. The highest BCUT2D eigenvalue weighted by molar-refractivity contribution is 5.99. The number of benzene rings is 2. The first-order valence-electron chi connectivity index (χ1n) is 8.36. The molecule has 0 spiro atoms. The Morgan fingerprint density at radius 2 is 1.96 bits per heavy atom. The van der Waals surface area contributed by atoms with Crippen molar-refractivity contribution in [3.05, 3.63) is 59.2 Å². The SMILES string of the molecule is Cc1ccc(C(N)=O)c(OC(C)C(=O)N2c3ccccc3CC2C)c1. The number of carbonyl (C=O) groups is 2. The van der Waals surface area contributed by atoms with Crippen molar-refractivity contribution in [3.63, 3.8) is 0 Å². The third-order valence-electron chi connectivity index (χ3n) is 4.50. The smallest absolute Gasteiger partial charge is 0.268 e. The first kappa shape index (κ1) is 17.0. The Balaban J connectivity index is 1.85. The molecule has 2 atom stereocenters. The molecule has 0 fully saturated rings. The molecule has 1 aliphatic heterocycles. The van der Waals surface area contributed by atoms with Crippen LogP contribution < -0.4 is 15.4 Å². The van der Waals surface area contributed by atoms with Gasteiger partial charge in [0.1, 0.15) is 5.75 Å². The highest BCUT2D eigenvalue weighted by Gasteiger charge is 2.34. The number of hydrogen-bond acceptors (Lipinski definition) is 3. The largest absolute Gasteiger partial charge is 0.480 e. The van der Waals surface area contributed by atoms with Gasteiger partial charge in [-0.3, -0.25) is 9.59 Å². The number of amides is 2. The Labute approximate surface area is 147 Å². The van der Waals surface area contributed by atoms with Crippen LogP contribution in [0.3, 0.4) is 0 Å². The topological polar surface area (TPSA) is 72.6 Å². The number of aryl methyl sites for hydroxylation is 1. The maximum Gasteiger partial charge on any atom is 0.268 e. The number of ether oxygens (including phenoxy) is 1. The first-order valence-corrected chi connectivity index (χ1v) is 8.36. The van der Waals surface area contributed by atoms with Crippen molar-refractivity contribution in [3.8, 4) is 5.75 Å². The van der Waals surface area contributed by atoms with E-state index in [2.05, 4.69) is 0 Å². The first-order chi connectivity index (χ1) is 11.9. The second kappa shape index (κ2) is 6.59. The summed E-state index contributed by atoms with van der Waals surface area (Å²) in [5.74, 6) is -0.364. The monoisotopic (exact) mass is 338 g/mol. The summed E-state index contributed by atoms with van der Waals surface area (Å²) in [6.07, 6.45) is 0.0968. The summed E-state index contributed by atoms with van der Waals surface area (Å²) in [6, 6.07) is 13.1. The molecule has 2 aromatic rings. The number of nitrogens with zero attached hydrogens (tertiary/aromatic N) is 1. The number of fused-ring (bicyclic) bond motifs is 1. The van der Waals surface area contributed by atoms with Gasteiger partial charge in [-0.15, -0.1) is 0 Å². The van der Waals surface area contributed by atoms with Crippen LogP contribution in [0.2, 0.25) is 0 Å². The third-order valence-corrected chi connectivity index (χ3v) is 4.50. The van der Waals surface area contributed by atoms with E-state index in [1.807, 2.05) is 38.1 Å². The quantitative estimate of drug-likeness (QED) is 0.932. The van der Waals surface area contributed by atoms with Gasteiger partial charge in [0.25, 0.3) is 11.8 Å². The van der Waals surface area contributed by atoms with Gasteiger partial charge < -0.3 is 15.4 Å². The number of anilines is 1. The van der Waals surface area contributed by atoms with E-state index in [-0.39, 0.29) is 17.5 Å². The zero-order chi connectivity index (χ0) is 18.1. The minimum absolute atomic E-state index is 0.0732. The summed E-state index contributed by atoms with van der Waals surface area (Å²) in [4.78, 5) is 26.4. The molecule has 130 valence electrons. The summed E-state index contributed by atoms with van der Waals surface area (Å²) in [5.41, 5.74) is 8.70. The van der Waals surface area contributed by atoms with E-state index in [4.69, 9.17) is 10.5 Å². The number of para-hydroxylation sites is 1. The van der Waals surface area contributed by atoms with E-state index in [0.717, 1.165) is 23.2 Å². The molecule has 0 aromatic heterocycles. The van der Waals surface area contributed by atoms with Gasteiger partial charge in [0.15, 0.2) is 6.10 Å². The predicted octanol–water partition coefficient (Wildman–Crippen LogP) is 2.84. The van der Waals surface area contributed by atoms with Gasteiger partial charge in [-0.05, 0) is 56.5 Å². The summed E-state index contributed by atoms with van der Waals surface area (Å²) in [7, 11) is 0. The molecule has 0 saturated heterocycles. The fourth-order valence-electron chi connectivity index (χ4n) is 3.27. The molecular formula is C20H22N2O3. The van der Waals surface area contributed by atoms with E-state index in [1.165, 1.54) is 0 Å². The van der Waals surface area contributed by atoms with Gasteiger partial charge in [0.05, 0.1) is 5.56 Å². The zero-order valence-corrected chi connectivity index (χ0v) is 14.7. The highest BCUT2D eigenvalue weighted by Crippen LogP contribution is 2.33. The Morgan fingerprint density at radius 1 is 1.24 bits per heavy atom. The molecule has 2 unspecified atom stereocenters. The molecule has 0 aliphatic carbocycles. The van der Waals surface area contributed by atoms with Crippen molar-refractivity contribution in [2.45, 2.75) is 39.3 Å². The minimum Gasteiger partial charge on any atom is -0.480 e. The van der Waals surface area contributed by atoms with Crippen LogP contribution >= 0.6 is 0 Å². The average molecular weight is 338 g/mol. The van der Waals surface area contributed by atoms with Crippen LogP contribution in [0.25, 0.3) is 0 Å². The molecular weight excluding hydrogens is 316 g/mol. The van der Waals surface area contributed by atoms with Crippen molar-refractivity contribution in [2.24, 2.45) is 5.73 Å². The minimum atomic E-state index is -0.728. The Kier molecular flexibility index (Phi) is 4.49. The van der Waals surface area contributed by atoms with E-state index in [9.17, 15) is 9.59 Å². The predicted molar refractivity (Wildman–Crippen MR) is 96.9 cm³/mol. The maximum absolute atomic E-state index is 13.0. The highest BCUT2D eigenvalue weighted by atomic mass is 16.5. The van der Waals surface area contributed by atoms with Crippen LogP contribution in [-0.4, -0.2) is 24.0 Å². The van der Waals surface area contributed by atoms with Crippen molar-refractivity contribution < 1.29 is 14.3 Å². The van der Waals surface area contributed by atoms with Crippen molar-refractivity contribution in [2.75, 3.05) is 4.90 Å². The standard InChI is InChI=1S/C20H22N2O3/c1-12-8-9-16(19(21)23)18(10-12)25-14(3)20(24)22-13(2)11-15-6-4-5-7-17(15)22/h4-10,13-14H,11H2,1-3H3,(H2,21,23). The summed E-state index contributed by atoms with van der Waals surface area (Å²) in [6.45, 7) is 5.61. The summed E-state index contributed by atoms with van der Waals surface area (Å²) >= 11 is 0. The van der Waals surface area contributed by atoms with Gasteiger partial charge in [-0.1, -0.05) is 24.3 Å². The molecule has 5 nitrogen and oxygen atoms in total. The van der Waals surface area contributed by atoms with Crippen LogP contribution in [0.15, 0.2) is 42.5 Å². The van der Waals surface area contributed by atoms with Crippen molar-refractivity contribution >= 4 is 17.5 Å². The molecule has 1 aliphatic rings. The number of nitrogens with two attached hydrogens (primary N) is 1. The lowest BCUT2D eigenvalue weighted by Gasteiger charge is -2.26. The van der Waals surface area contributed by atoms with Crippen LogP contribution in [0.1, 0.15) is 35.3 Å². The molecule has 0 radical (unpaired) electrons. The number of rotatable bonds is 4. The van der Waals surface area contributed by atoms with Gasteiger partial charge in [0.2, 0.25) is 0 Å². The third kappa shape index (κ3) is 3.22. The average Bonchev–Trinajstić information content (AvgIpc) is 2.89. The second-order valence-corrected chi connectivity index (χ2v) is 6.51. The van der Waals surface area contributed by atoms with Gasteiger partial charge in [-0.2, -0.15) is 0 Å². The van der Waals surface area contributed by atoms with Crippen LogP contribution in [0, 0.1) is 6.92 Å². The molecule has 2 N–H and O–H groups in total. The normalized spacial score (nSPS) is 17.1. The lowest BCUT2D eigenvalue weighted by molar-refractivity contribution is -0.124. The Bertz CT molecular complexity index is 831. The summed E-state index contributed by atoms with van der Waals surface area (Å²) < 4.78 is 5.83. The fourth-order valence-corrected chi connectivity index (χ4v) is 3.27. The van der Waals surface area contributed by atoms with Crippen molar-refractivity contribution in [1.29, 1.82) is 0 Å². The second-order valence-electron chi connectivity index (χ2n) is 6.51. The van der Waals surface area contributed by atoms with Crippen LogP contribution in [0.5, 0.6) is 5.75 Å². The van der Waals surface area contributed by atoms with Gasteiger partial charge >= 0.3 is 0 Å².